The SMILES string of the molecule is COc1ccc(CNS(=O)(=O)c2c(C)cccc2N)cc1. The van der Waals surface area contributed by atoms with Gasteiger partial charge in [-0.1, -0.05) is 24.3 Å². The maximum Gasteiger partial charge on any atom is 0.243 e. The summed E-state index contributed by atoms with van der Waals surface area (Å²) in [7, 11) is -2.06. The third-order valence-corrected chi connectivity index (χ3v) is 4.76. The summed E-state index contributed by atoms with van der Waals surface area (Å²) in [6, 6.07) is 12.2. The Bertz CT molecular complexity index is 705. The number of rotatable bonds is 5. The molecule has 0 aromatic heterocycles. The minimum absolute atomic E-state index is 0.138. The summed E-state index contributed by atoms with van der Waals surface area (Å²) < 4.78 is 32.3. The van der Waals surface area contributed by atoms with Crippen LogP contribution < -0.4 is 15.2 Å². The molecule has 2 aromatic carbocycles. The van der Waals surface area contributed by atoms with E-state index in [9.17, 15) is 8.42 Å². The summed E-state index contributed by atoms with van der Waals surface area (Å²) in [6.07, 6.45) is 0. The van der Waals surface area contributed by atoms with Crippen LogP contribution in [0.25, 0.3) is 0 Å². The number of anilines is 1. The second-order valence-corrected chi connectivity index (χ2v) is 6.37. The van der Waals surface area contributed by atoms with Gasteiger partial charge in [-0.05, 0) is 36.2 Å². The summed E-state index contributed by atoms with van der Waals surface area (Å²) in [5, 5.41) is 0. The zero-order valence-corrected chi connectivity index (χ0v) is 12.8. The minimum Gasteiger partial charge on any atom is -0.497 e. The summed E-state index contributed by atoms with van der Waals surface area (Å²) in [4.78, 5) is 0.138. The molecular weight excluding hydrogens is 288 g/mol. The van der Waals surface area contributed by atoms with Crippen LogP contribution in [0.1, 0.15) is 11.1 Å². The van der Waals surface area contributed by atoms with Crippen LogP contribution in [-0.2, 0) is 16.6 Å². The highest BCUT2D eigenvalue weighted by Gasteiger charge is 2.19. The Morgan fingerprint density at radius 3 is 2.38 bits per heavy atom. The maximum absolute atomic E-state index is 12.4. The lowest BCUT2D eigenvalue weighted by Crippen LogP contribution is -2.25. The largest absolute Gasteiger partial charge is 0.497 e. The Labute approximate surface area is 124 Å². The summed E-state index contributed by atoms with van der Waals surface area (Å²) in [6.45, 7) is 1.92. The van der Waals surface area contributed by atoms with Gasteiger partial charge in [-0.15, -0.1) is 0 Å². The number of hydrogen-bond acceptors (Lipinski definition) is 4. The summed E-state index contributed by atoms with van der Waals surface area (Å²) >= 11 is 0. The van der Waals surface area contributed by atoms with Crippen molar-refractivity contribution in [3.8, 4) is 5.75 Å². The zero-order valence-electron chi connectivity index (χ0n) is 12.0. The molecule has 0 aliphatic carbocycles. The van der Waals surface area contributed by atoms with Crippen molar-refractivity contribution in [3.63, 3.8) is 0 Å². The van der Waals surface area contributed by atoms with Crippen LogP contribution in [0.15, 0.2) is 47.4 Å². The Balaban J connectivity index is 2.18. The van der Waals surface area contributed by atoms with Crippen LogP contribution in [0.2, 0.25) is 0 Å². The smallest absolute Gasteiger partial charge is 0.243 e. The molecule has 0 radical (unpaired) electrons. The van der Waals surface area contributed by atoms with Crippen molar-refractivity contribution < 1.29 is 13.2 Å². The quantitative estimate of drug-likeness (QED) is 0.829. The molecule has 0 heterocycles. The molecule has 0 unspecified atom stereocenters. The van der Waals surface area contributed by atoms with Gasteiger partial charge in [-0.3, -0.25) is 0 Å². The topological polar surface area (TPSA) is 81.4 Å². The first kappa shape index (κ1) is 15.3. The van der Waals surface area contributed by atoms with Crippen molar-refractivity contribution in [2.45, 2.75) is 18.4 Å². The molecule has 0 bridgehead atoms. The fourth-order valence-corrected chi connectivity index (χ4v) is 3.41. The first-order chi connectivity index (χ1) is 9.94. The Morgan fingerprint density at radius 1 is 1.14 bits per heavy atom. The number of nitrogens with two attached hydrogens (primary N) is 1. The molecule has 0 saturated carbocycles. The molecular formula is C15H18N2O3S. The lowest BCUT2D eigenvalue weighted by atomic mass is 10.2. The van der Waals surface area contributed by atoms with Crippen molar-refractivity contribution >= 4 is 15.7 Å². The van der Waals surface area contributed by atoms with Gasteiger partial charge in [0.2, 0.25) is 10.0 Å². The molecule has 0 fully saturated rings. The molecule has 6 heteroatoms. The number of nitrogens with one attached hydrogen (secondary N) is 1. The summed E-state index contributed by atoms with van der Waals surface area (Å²) in [5.41, 5.74) is 7.49. The van der Waals surface area contributed by atoms with Gasteiger partial charge in [0.05, 0.1) is 12.8 Å². The highest BCUT2D eigenvalue weighted by molar-refractivity contribution is 7.89. The van der Waals surface area contributed by atoms with Gasteiger partial charge in [-0.25, -0.2) is 13.1 Å². The van der Waals surface area contributed by atoms with E-state index in [-0.39, 0.29) is 17.1 Å². The molecule has 0 aliphatic rings. The maximum atomic E-state index is 12.4. The van der Waals surface area contributed by atoms with E-state index in [1.807, 2.05) is 12.1 Å². The van der Waals surface area contributed by atoms with Crippen LogP contribution >= 0.6 is 0 Å². The van der Waals surface area contributed by atoms with E-state index >= 15 is 0 Å². The highest BCUT2D eigenvalue weighted by Crippen LogP contribution is 2.22. The van der Waals surface area contributed by atoms with Crippen LogP contribution in [0.5, 0.6) is 5.75 Å². The fourth-order valence-electron chi connectivity index (χ4n) is 2.04. The first-order valence-electron chi connectivity index (χ1n) is 6.42. The normalized spacial score (nSPS) is 11.3. The van der Waals surface area contributed by atoms with Crippen LogP contribution in [0.4, 0.5) is 5.69 Å². The average Bonchev–Trinajstić information content (AvgIpc) is 2.45. The number of ether oxygens (including phenoxy) is 1. The van der Waals surface area contributed by atoms with E-state index in [0.717, 1.165) is 11.3 Å². The van der Waals surface area contributed by atoms with E-state index in [1.54, 1.807) is 44.4 Å². The second-order valence-electron chi connectivity index (χ2n) is 4.67. The minimum atomic E-state index is -3.64. The molecule has 0 aliphatic heterocycles. The molecule has 0 saturated heterocycles. The van der Waals surface area contributed by atoms with Gasteiger partial charge in [-0.2, -0.15) is 0 Å². The molecule has 5 nitrogen and oxygen atoms in total. The molecule has 21 heavy (non-hydrogen) atoms. The van der Waals surface area contributed by atoms with Gasteiger partial charge in [0.25, 0.3) is 0 Å². The number of sulfonamides is 1. The van der Waals surface area contributed by atoms with Crippen LogP contribution in [0, 0.1) is 6.92 Å². The van der Waals surface area contributed by atoms with Crippen molar-refractivity contribution in [2.24, 2.45) is 0 Å². The van der Waals surface area contributed by atoms with Crippen molar-refractivity contribution in [1.82, 2.24) is 4.72 Å². The number of nitrogen functional groups attached to an aromatic ring is 1. The lowest BCUT2D eigenvalue weighted by Gasteiger charge is -2.11. The van der Waals surface area contributed by atoms with Crippen molar-refractivity contribution in [1.29, 1.82) is 0 Å². The van der Waals surface area contributed by atoms with Gasteiger partial charge >= 0.3 is 0 Å². The second kappa shape index (κ2) is 6.15. The first-order valence-corrected chi connectivity index (χ1v) is 7.90. The number of aryl methyl sites for hydroxylation is 1. The molecule has 2 rings (SSSR count). The predicted molar refractivity (Wildman–Crippen MR) is 82.6 cm³/mol. The lowest BCUT2D eigenvalue weighted by molar-refractivity contribution is 0.414. The molecule has 3 N–H and O–H groups in total. The van der Waals surface area contributed by atoms with Crippen molar-refractivity contribution in [3.05, 3.63) is 53.6 Å². The van der Waals surface area contributed by atoms with E-state index in [0.29, 0.717) is 5.56 Å². The number of benzene rings is 2. The third-order valence-electron chi connectivity index (χ3n) is 3.14. The van der Waals surface area contributed by atoms with E-state index in [2.05, 4.69) is 4.72 Å². The van der Waals surface area contributed by atoms with Crippen molar-refractivity contribution in [2.75, 3.05) is 12.8 Å². The van der Waals surface area contributed by atoms with Gasteiger partial charge in [0.1, 0.15) is 10.6 Å². The molecule has 0 amide bonds. The fraction of sp³-hybridized carbons (Fsp3) is 0.200. The number of methoxy groups -OCH3 is 1. The van der Waals surface area contributed by atoms with Gasteiger partial charge in [0.15, 0.2) is 0 Å². The highest BCUT2D eigenvalue weighted by atomic mass is 32.2. The third kappa shape index (κ3) is 3.53. The van der Waals surface area contributed by atoms with Gasteiger partial charge in [0, 0.05) is 6.54 Å². The molecule has 0 spiro atoms. The summed E-state index contributed by atoms with van der Waals surface area (Å²) in [5.74, 6) is 0.727. The zero-order chi connectivity index (χ0) is 15.5. The monoisotopic (exact) mass is 306 g/mol. The van der Waals surface area contributed by atoms with Crippen LogP contribution in [0.3, 0.4) is 0 Å². The van der Waals surface area contributed by atoms with E-state index in [4.69, 9.17) is 10.5 Å². The average molecular weight is 306 g/mol. The van der Waals surface area contributed by atoms with Crippen LogP contribution in [-0.4, -0.2) is 15.5 Å². The van der Waals surface area contributed by atoms with Gasteiger partial charge < -0.3 is 10.5 Å². The van der Waals surface area contributed by atoms with E-state index in [1.165, 1.54) is 0 Å². The molecule has 0 atom stereocenters. The predicted octanol–water partition coefficient (Wildman–Crippen LogP) is 2.06. The number of hydrogen-bond donors (Lipinski definition) is 2. The Morgan fingerprint density at radius 2 is 1.81 bits per heavy atom. The van der Waals surface area contributed by atoms with E-state index < -0.39 is 10.0 Å². The molecule has 112 valence electrons. The Hall–Kier alpha value is -2.05. The Kier molecular flexibility index (Phi) is 4.50. The molecule has 2 aromatic rings. The standard InChI is InChI=1S/C15H18N2O3S/c1-11-4-3-5-14(16)15(11)21(18,19)17-10-12-6-8-13(20-2)9-7-12/h3-9,17H,10,16H2,1-2H3.